The van der Waals surface area contributed by atoms with Gasteiger partial charge >= 0.3 is 12.2 Å². The number of carbonyl (C=O) groups excluding carboxylic acids is 1. The van der Waals surface area contributed by atoms with Crippen molar-refractivity contribution in [3.05, 3.63) is 83.6 Å². The molecule has 1 heterocycles. The molecule has 1 aromatic heterocycles. The van der Waals surface area contributed by atoms with E-state index < -0.39 is 17.8 Å². The van der Waals surface area contributed by atoms with Crippen LogP contribution in [0.25, 0.3) is 0 Å². The summed E-state index contributed by atoms with van der Waals surface area (Å²) in [6.07, 6.45) is -2.86. The van der Waals surface area contributed by atoms with Crippen LogP contribution in [-0.4, -0.2) is 17.6 Å². The van der Waals surface area contributed by atoms with E-state index in [1.807, 2.05) is 19.1 Å². The molecule has 168 valence electrons. The normalized spacial score (nSPS) is 11.0. The number of halogens is 3. The van der Waals surface area contributed by atoms with E-state index >= 15 is 0 Å². The minimum absolute atomic E-state index is 0.0278. The minimum atomic E-state index is -4.42. The average molecular weight is 445 g/mol. The number of nitrogens with one attached hydrogen (secondary N) is 2. The summed E-state index contributed by atoms with van der Waals surface area (Å²) in [7, 11) is 0. The minimum Gasteiger partial charge on any atom is -0.490 e. The Morgan fingerprint density at radius 2 is 1.66 bits per heavy atom. The molecule has 0 aliphatic carbocycles. The van der Waals surface area contributed by atoms with Crippen molar-refractivity contribution in [2.45, 2.75) is 26.2 Å². The van der Waals surface area contributed by atoms with Gasteiger partial charge in [-0.1, -0.05) is 30.3 Å². The highest BCUT2D eigenvalue weighted by molar-refractivity contribution is 5.73. The van der Waals surface area contributed by atoms with Gasteiger partial charge < -0.3 is 20.1 Å². The Kier molecular flexibility index (Phi) is 7.54. The number of benzene rings is 2. The maximum Gasteiger partial charge on any atom is 0.416 e. The van der Waals surface area contributed by atoms with Crippen molar-refractivity contribution < 1.29 is 27.4 Å². The first-order chi connectivity index (χ1) is 15.3. The van der Waals surface area contributed by atoms with Crippen molar-refractivity contribution in [1.29, 1.82) is 0 Å². The number of hydrogen-bond donors (Lipinski definition) is 2. The number of carbonyl (C=O) groups is 1. The average Bonchev–Trinajstić information content (AvgIpc) is 2.78. The predicted molar refractivity (Wildman–Crippen MR) is 112 cm³/mol. The monoisotopic (exact) mass is 445 g/mol. The van der Waals surface area contributed by atoms with E-state index in [1.54, 1.807) is 30.5 Å². The highest BCUT2D eigenvalue weighted by atomic mass is 19.4. The number of nitrogens with zero attached hydrogens (tertiary/aromatic N) is 1. The van der Waals surface area contributed by atoms with Gasteiger partial charge in [-0.25, -0.2) is 9.78 Å². The van der Waals surface area contributed by atoms with Gasteiger partial charge in [0.25, 0.3) is 0 Å². The number of ether oxygens (including phenoxy) is 2. The molecule has 0 fully saturated rings. The molecule has 9 heteroatoms. The van der Waals surface area contributed by atoms with Crippen molar-refractivity contribution in [2.24, 2.45) is 0 Å². The zero-order chi connectivity index (χ0) is 23.0. The van der Waals surface area contributed by atoms with Gasteiger partial charge in [0.2, 0.25) is 5.88 Å². The van der Waals surface area contributed by atoms with Crippen molar-refractivity contribution >= 4 is 6.03 Å². The second kappa shape index (κ2) is 10.5. The molecule has 2 amide bonds. The first kappa shape index (κ1) is 22.9. The van der Waals surface area contributed by atoms with Gasteiger partial charge in [-0.05, 0) is 42.3 Å². The molecule has 0 spiro atoms. The standard InChI is InChI=1S/C23H22F3N3O3/c1-2-31-19-8-3-4-9-20(19)32-21-11-10-17(14-27-21)15-29-22(30)28-13-16-6-5-7-18(12-16)23(24,25)26/h3-12,14H,2,13,15H2,1H3,(H2,28,29,30). The number of para-hydroxylation sites is 2. The molecule has 32 heavy (non-hydrogen) atoms. The SMILES string of the molecule is CCOc1ccccc1Oc1ccc(CNC(=O)NCc2cccc(C(F)(F)F)c2)cn1. The van der Waals surface area contributed by atoms with Crippen LogP contribution in [0.2, 0.25) is 0 Å². The van der Waals surface area contributed by atoms with E-state index in [-0.39, 0.29) is 13.1 Å². The van der Waals surface area contributed by atoms with Gasteiger partial charge in [0.1, 0.15) is 0 Å². The van der Waals surface area contributed by atoms with Crippen LogP contribution in [0.5, 0.6) is 17.4 Å². The molecule has 0 saturated heterocycles. The van der Waals surface area contributed by atoms with E-state index in [4.69, 9.17) is 9.47 Å². The third kappa shape index (κ3) is 6.63. The summed E-state index contributed by atoms with van der Waals surface area (Å²) in [6.45, 7) is 2.55. The Balaban J connectivity index is 1.49. The van der Waals surface area contributed by atoms with Crippen LogP contribution in [0, 0.1) is 0 Å². The summed E-state index contributed by atoms with van der Waals surface area (Å²) >= 11 is 0. The van der Waals surface area contributed by atoms with Crippen molar-refractivity contribution in [2.75, 3.05) is 6.61 Å². The van der Waals surface area contributed by atoms with Crippen molar-refractivity contribution in [3.8, 4) is 17.4 Å². The third-order valence-corrected chi connectivity index (χ3v) is 4.32. The van der Waals surface area contributed by atoms with Gasteiger partial charge in [-0.3, -0.25) is 0 Å². The maximum absolute atomic E-state index is 12.8. The molecule has 0 saturated carbocycles. The van der Waals surface area contributed by atoms with Crippen LogP contribution >= 0.6 is 0 Å². The number of alkyl halides is 3. The van der Waals surface area contributed by atoms with Gasteiger partial charge in [-0.2, -0.15) is 13.2 Å². The number of aromatic nitrogens is 1. The summed E-state index contributed by atoms with van der Waals surface area (Å²) in [5, 5.41) is 5.17. The Hall–Kier alpha value is -3.75. The summed E-state index contributed by atoms with van der Waals surface area (Å²) < 4.78 is 49.5. The molecule has 0 atom stereocenters. The van der Waals surface area contributed by atoms with Gasteiger partial charge in [0, 0.05) is 25.4 Å². The lowest BCUT2D eigenvalue weighted by Crippen LogP contribution is -2.34. The van der Waals surface area contributed by atoms with E-state index in [2.05, 4.69) is 15.6 Å². The first-order valence-corrected chi connectivity index (χ1v) is 9.87. The maximum atomic E-state index is 12.8. The molecule has 0 radical (unpaired) electrons. The van der Waals surface area contributed by atoms with Crippen LogP contribution in [0.1, 0.15) is 23.6 Å². The fraction of sp³-hybridized carbons (Fsp3) is 0.217. The predicted octanol–water partition coefficient (Wildman–Crippen LogP) is 5.29. The van der Waals surface area contributed by atoms with Gasteiger partial charge in [0.05, 0.1) is 12.2 Å². The van der Waals surface area contributed by atoms with Crippen LogP contribution in [0.3, 0.4) is 0 Å². The Labute approximate surface area is 183 Å². The topological polar surface area (TPSA) is 72.5 Å². The Bertz CT molecular complexity index is 1040. The zero-order valence-electron chi connectivity index (χ0n) is 17.3. The fourth-order valence-electron chi connectivity index (χ4n) is 2.78. The van der Waals surface area contributed by atoms with E-state index in [0.717, 1.165) is 17.7 Å². The molecule has 2 aromatic carbocycles. The zero-order valence-corrected chi connectivity index (χ0v) is 17.3. The second-order valence-corrected chi connectivity index (χ2v) is 6.72. The number of rotatable bonds is 8. The van der Waals surface area contributed by atoms with Crippen LogP contribution in [0.15, 0.2) is 66.9 Å². The largest absolute Gasteiger partial charge is 0.490 e. The molecular weight excluding hydrogens is 423 g/mol. The highest BCUT2D eigenvalue weighted by Crippen LogP contribution is 2.30. The molecule has 3 rings (SSSR count). The number of amides is 2. The Morgan fingerprint density at radius 1 is 0.938 bits per heavy atom. The van der Waals surface area contributed by atoms with Gasteiger partial charge in [0.15, 0.2) is 11.5 Å². The van der Waals surface area contributed by atoms with E-state index in [0.29, 0.717) is 29.5 Å². The lowest BCUT2D eigenvalue weighted by Gasteiger charge is -2.11. The number of urea groups is 1. The molecule has 0 unspecified atom stereocenters. The summed E-state index contributed by atoms with van der Waals surface area (Å²) in [6, 6.07) is 15.0. The molecule has 0 aliphatic heterocycles. The molecule has 0 bridgehead atoms. The van der Waals surface area contributed by atoms with E-state index in [9.17, 15) is 18.0 Å². The van der Waals surface area contributed by atoms with Crippen LogP contribution in [0.4, 0.5) is 18.0 Å². The van der Waals surface area contributed by atoms with Crippen molar-refractivity contribution in [1.82, 2.24) is 15.6 Å². The van der Waals surface area contributed by atoms with Gasteiger partial charge in [-0.15, -0.1) is 0 Å². The van der Waals surface area contributed by atoms with Crippen LogP contribution < -0.4 is 20.1 Å². The molecule has 6 nitrogen and oxygen atoms in total. The summed E-state index contributed by atoms with van der Waals surface area (Å²) in [5.41, 5.74) is 0.324. The lowest BCUT2D eigenvalue weighted by molar-refractivity contribution is -0.137. The van der Waals surface area contributed by atoms with Crippen molar-refractivity contribution in [3.63, 3.8) is 0 Å². The second-order valence-electron chi connectivity index (χ2n) is 6.72. The number of pyridine rings is 1. The Morgan fingerprint density at radius 3 is 2.31 bits per heavy atom. The molecular formula is C23H22F3N3O3. The summed E-state index contributed by atoms with van der Waals surface area (Å²) in [5.74, 6) is 1.52. The molecule has 0 aliphatic rings. The smallest absolute Gasteiger partial charge is 0.416 e. The first-order valence-electron chi connectivity index (χ1n) is 9.87. The quantitative estimate of drug-likeness (QED) is 0.494. The fourth-order valence-corrected chi connectivity index (χ4v) is 2.78. The number of hydrogen-bond acceptors (Lipinski definition) is 4. The molecule has 2 N–H and O–H groups in total. The van der Waals surface area contributed by atoms with Crippen LogP contribution in [-0.2, 0) is 19.3 Å². The lowest BCUT2D eigenvalue weighted by atomic mass is 10.1. The third-order valence-electron chi connectivity index (χ3n) is 4.32. The highest BCUT2D eigenvalue weighted by Gasteiger charge is 2.30. The van der Waals surface area contributed by atoms with E-state index in [1.165, 1.54) is 12.1 Å². The molecule has 3 aromatic rings. The summed E-state index contributed by atoms with van der Waals surface area (Å²) in [4.78, 5) is 16.2.